The Morgan fingerprint density at radius 1 is 1.22 bits per heavy atom. The number of fused-ring (bicyclic) bond motifs is 6. The monoisotopic (exact) mass is 756 g/mol. The Hall–Kier alpha value is -4.17. The Morgan fingerprint density at radius 2 is 2.06 bits per heavy atom. The van der Waals surface area contributed by atoms with Crippen LogP contribution in [-0.2, 0) is 48.0 Å². The molecule has 4 aromatic rings. The van der Waals surface area contributed by atoms with E-state index in [0.717, 1.165) is 62.6 Å². The summed E-state index contributed by atoms with van der Waals surface area (Å²) in [6, 6.07) is 8.92. The van der Waals surface area contributed by atoms with Gasteiger partial charge in [-0.15, -0.1) is 11.3 Å². The van der Waals surface area contributed by atoms with E-state index in [1.54, 1.807) is 13.3 Å². The Morgan fingerprint density at radius 3 is 2.83 bits per heavy atom. The van der Waals surface area contributed by atoms with Gasteiger partial charge in [-0.3, -0.25) is 24.4 Å². The molecule has 0 aliphatic carbocycles. The molecule has 12 nitrogen and oxygen atoms in total. The van der Waals surface area contributed by atoms with E-state index in [9.17, 15) is 14.4 Å². The number of amides is 2. The number of rotatable bonds is 6. The second-order valence-corrected chi connectivity index (χ2v) is 16.7. The van der Waals surface area contributed by atoms with Crippen molar-refractivity contribution < 1.29 is 28.6 Å². The molecule has 2 saturated heterocycles. The summed E-state index contributed by atoms with van der Waals surface area (Å²) in [5.41, 5.74) is 9.60. The van der Waals surface area contributed by atoms with E-state index in [0.29, 0.717) is 44.8 Å². The Bertz CT molecular complexity index is 2020. The van der Waals surface area contributed by atoms with Gasteiger partial charge in [0.05, 0.1) is 34.8 Å². The highest BCUT2D eigenvalue weighted by Crippen LogP contribution is 2.42. The summed E-state index contributed by atoms with van der Waals surface area (Å²) in [6.45, 7) is 12.3. The van der Waals surface area contributed by atoms with Crippen molar-refractivity contribution in [1.82, 2.24) is 30.3 Å². The second kappa shape index (κ2) is 15.9. The zero-order chi connectivity index (χ0) is 38.1. The summed E-state index contributed by atoms with van der Waals surface area (Å²) in [4.78, 5) is 51.2. The normalized spacial score (nSPS) is 24.1. The number of aryl methyl sites for hydroxylation is 1. The number of thiazole rings is 1. The first-order valence-corrected chi connectivity index (χ1v) is 20.1. The minimum Gasteiger partial charge on any atom is -0.464 e. The molecule has 3 aromatic heterocycles. The number of methoxy groups -OCH3 is 1. The lowest BCUT2D eigenvalue weighted by atomic mass is 9.84. The van der Waals surface area contributed by atoms with Crippen molar-refractivity contribution in [1.29, 1.82) is 0 Å². The molecule has 6 heterocycles. The standard InChI is InChI=1S/C41H52N6O6S/c1-7-46-33-13-12-26-19-28(33)29(37(46)27-10-8-15-42-36(27)25(3)51-6)21-41(4,5)23-53-40(50)30-11-9-16-47(45-30)39(49)31(20-35-43-32(26)22-54-35)44-38(48)34-18-24(2)14-17-52-34/h8,10,12-13,15,19,22,24-25,30-31,34,45H,7,9,11,14,16-18,20-21,23H2,1-6H3,(H,44,48)/t24-,25-,30-,31-,34+/m0/s1. The average Bonchev–Trinajstić information content (AvgIpc) is 3.77. The lowest BCUT2D eigenvalue weighted by Crippen LogP contribution is -2.61. The van der Waals surface area contributed by atoms with Gasteiger partial charge in [0.25, 0.3) is 5.91 Å². The molecule has 0 saturated carbocycles. The number of ether oxygens (including phenoxy) is 3. The van der Waals surface area contributed by atoms with Gasteiger partial charge in [0.1, 0.15) is 18.2 Å². The maximum atomic E-state index is 14.2. The Labute approximate surface area is 320 Å². The van der Waals surface area contributed by atoms with Gasteiger partial charge < -0.3 is 24.1 Å². The van der Waals surface area contributed by atoms with Crippen molar-refractivity contribution in [3.05, 3.63) is 58.2 Å². The van der Waals surface area contributed by atoms with Crippen molar-refractivity contribution in [2.24, 2.45) is 11.3 Å². The van der Waals surface area contributed by atoms with Crippen LogP contribution in [0.1, 0.15) is 82.7 Å². The molecule has 6 bridgehead atoms. The molecule has 13 heteroatoms. The lowest BCUT2D eigenvalue weighted by Gasteiger charge is -2.36. The maximum absolute atomic E-state index is 14.2. The Balaban J connectivity index is 1.33. The molecule has 3 aliphatic heterocycles. The van der Waals surface area contributed by atoms with Crippen molar-refractivity contribution in [2.75, 3.05) is 26.9 Å². The van der Waals surface area contributed by atoms with Crippen molar-refractivity contribution in [2.45, 2.75) is 104 Å². The molecule has 0 unspecified atom stereocenters. The van der Waals surface area contributed by atoms with E-state index >= 15 is 0 Å². The van der Waals surface area contributed by atoms with Gasteiger partial charge in [-0.2, -0.15) is 0 Å². The molecule has 5 atom stereocenters. The molecule has 2 N–H and O–H groups in total. The van der Waals surface area contributed by atoms with Gasteiger partial charge in [-0.05, 0) is 81.7 Å². The third-order valence-corrected chi connectivity index (χ3v) is 11.9. The minimum atomic E-state index is -0.907. The molecule has 3 aliphatic rings. The van der Waals surface area contributed by atoms with Crippen LogP contribution in [0.3, 0.4) is 0 Å². The van der Waals surface area contributed by atoms with Crippen molar-refractivity contribution in [3.8, 4) is 22.5 Å². The first-order chi connectivity index (χ1) is 26.0. The van der Waals surface area contributed by atoms with E-state index in [1.807, 2.05) is 18.4 Å². The van der Waals surface area contributed by atoms with Gasteiger partial charge in [0, 0.05) is 72.2 Å². The van der Waals surface area contributed by atoms with Gasteiger partial charge in [0.15, 0.2) is 0 Å². The summed E-state index contributed by atoms with van der Waals surface area (Å²) in [6.07, 6.45) is 4.41. The smallest absolute Gasteiger partial charge is 0.324 e. The number of nitrogens with one attached hydrogen (secondary N) is 2. The predicted octanol–water partition coefficient (Wildman–Crippen LogP) is 6.02. The fraction of sp³-hybridized carbons (Fsp3) is 0.537. The predicted molar refractivity (Wildman–Crippen MR) is 207 cm³/mol. The van der Waals surface area contributed by atoms with Crippen LogP contribution in [0.4, 0.5) is 0 Å². The number of hydrogen-bond donors (Lipinski definition) is 2. The largest absolute Gasteiger partial charge is 0.464 e. The number of nitrogens with zero attached hydrogens (tertiary/aromatic N) is 4. The summed E-state index contributed by atoms with van der Waals surface area (Å²) in [7, 11) is 1.70. The lowest BCUT2D eigenvalue weighted by molar-refractivity contribution is -0.156. The van der Waals surface area contributed by atoms with Crippen LogP contribution in [0.15, 0.2) is 41.9 Å². The van der Waals surface area contributed by atoms with Crippen LogP contribution in [0.5, 0.6) is 0 Å². The first kappa shape index (κ1) is 38.1. The Kier molecular flexibility index (Phi) is 11.2. The second-order valence-electron chi connectivity index (χ2n) is 15.8. The van der Waals surface area contributed by atoms with E-state index in [1.165, 1.54) is 16.3 Å². The zero-order valence-corrected chi connectivity index (χ0v) is 33.0. The molecule has 54 heavy (non-hydrogen) atoms. The van der Waals surface area contributed by atoms with Crippen LogP contribution in [0, 0.1) is 11.3 Å². The highest BCUT2D eigenvalue weighted by molar-refractivity contribution is 7.10. The first-order valence-electron chi connectivity index (χ1n) is 19.2. The fourth-order valence-corrected chi connectivity index (χ4v) is 8.82. The molecular formula is C41H52N6O6S. The number of aromatic nitrogens is 3. The van der Waals surface area contributed by atoms with Gasteiger partial charge in [0.2, 0.25) is 5.91 Å². The van der Waals surface area contributed by atoms with E-state index in [-0.39, 0.29) is 30.9 Å². The minimum absolute atomic E-state index is 0.179. The van der Waals surface area contributed by atoms with Crippen LogP contribution in [0.25, 0.3) is 33.4 Å². The number of hydrazine groups is 1. The average molecular weight is 757 g/mol. The number of benzene rings is 1. The number of esters is 1. The van der Waals surface area contributed by atoms with Crippen LogP contribution < -0.4 is 10.7 Å². The highest BCUT2D eigenvalue weighted by Gasteiger charge is 2.37. The number of carbonyl (C=O) groups is 3. The molecule has 1 aromatic carbocycles. The summed E-state index contributed by atoms with van der Waals surface area (Å²) in [5, 5.41) is 8.31. The van der Waals surface area contributed by atoms with Crippen LogP contribution >= 0.6 is 11.3 Å². The van der Waals surface area contributed by atoms with E-state index in [2.05, 4.69) is 67.3 Å². The number of hydrogen-bond acceptors (Lipinski definition) is 10. The number of cyclic esters (lactones) is 1. The number of pyridine rings is 1. The molecule has 2 fully saturated rings. The molecular weight excluding hydrogens is 705 g/mol. The van der Waals surface area contributed by atoms with Gasteiger partial charge in [-0.25, -0.2) is 10.4 Å². The quantitative estimate of drug-likeness (QED) is 0.227. The summed E-state index contributed by atoms with van der Waals surface area (Å²) in [5.74, 6) is -0.681. The van der Waals surface area contributed by atoms with E-state index < -0.39 is 29.6 Å². The van der Waals surface area contributed by atoms with Crippen molar-refractivity contribution in [3.63, 3.8) is 0 Å². The molecule has 0 spiro atoms. The molecule has 2 amide bonds. The van der Waals surface area contributed by atoms with Crippen molar-refractivity contribution >= 4 is 40.0 Å². The molecule has 288 valence electrons. The van der Waals surface area contributed by atoms with Gasteiger partial charge >= 0.3 is 5.97 Å². The summed E-state index contributed by atoms with van der Waals surface area (Å²) < 4.78 is 20.0. The third kappa shape index (κ3) is 7.82. The highest BCUT2D eigenvalue weighted by atomic mass is 32.1. The SMILES string of the molecule is CCn1c(-c2cccnc2[C@H](C)OC)c2c3cc(ccc31)-c1csc(n1)C[C@H](NC(=O)[C@H]1C[C@@H](C)CCO1)C(=O)N1CCC[C@H](N1)C(=O)OCC(C)(C)C2. The maximum Gasteiger partial charge on any atom is 0.324 e. The van der Waals surface area contributed by atoms with Gasteiger partial charge in [-0.1, -0.05) is 26.8 Å². The number of carbonyl (C=O) groups excluding carboxylic acids is 3. The fourth-order valence-electron chi connectivity index (χ4n) is 7.97. The zero-order valence-electron chi connectivity index (χ0n) is 32.1. The summed E-state index contributed by atoms with van der Waals surface area (Å²) >= 11 is 1.47. The third-order valence-electron chi connectivity index (χ3n) is 11.0. The topological polar surface area (TPSA) is 137 Å². The molecule has 7 rings (SSSR count). The molecule has 0 radical (unpaired) electrons. The van der Waals surface area contributed by atoms with Crippen LogP contribution in [-0.4, -0.2) is 82.4 Å². The van der Waals surface area contributed by atoms with E-state index in [4.69, 9.17) is 24.2 Å². The van der Waals surface area contributed by atoms with Crippen LogP contribution in [0.2, 0.25) is 0 Å².